The molecule has 0 heterocycles. The number of ether oxygens (including phenoxy) is 2. The summed E-state index contributed by atoms with van der Waals surface area (Å²) in [6.45, 7) is 6.93. The van der Waals surface area contributed by atoms with Crippen molar-refractivity contribution >= 4 is 0 Å². The van der Waals surface area contributed by atoms with Crippen LogP contribution in [0.5, 0.6) is 0 Å². The number of quaternary nitrogens is 1. The van der Waals surface area contributed by atoms with E-state index in [1.54, 1.807) is 14.2 Å². The van der Waals surface area contributed by atoms with E-state index in [1.807, 2.05) is 0 Å². The molecule has 0 saturated carbocycles. The first-order valence-electron chi connectivity index (χ1n) is 10.5. The maximum absolute atomic E-state index is 5.12. The van der Waals surface area contributed by atoms with Gasteiger partial charge in [-0.15, -0.1) is 0 Å². The minimum atomic E-state index is 0.908. The molecule has 0 aromatic carbocycles. The summed E-state index contributed by atoms with van der Waals surface area (Å²) in [5.74, 6) is 0. The molecule has 0 aliphatic heterocycles. The Morgan fingerprint density at radius 3 is 1.48 bits per heavy atom. The van der Waals surface area contributed by atoms with E-state index in [2.05, 4.69) is 26.0 Å². The molecule has 4 heteroatoms. The summed E-state index contributed by atoms with van der Waals surface area (Å²) in [5, 5.41) is 0. The smallest absolute Gasteiger partial charge is 0.0782 e. The van der Waals surface area contributed by atoms with Gasteiger partial charge in [0.15, 0.2) is 0 Å². The van der Waals surface area contributed by atoms with E-state index in [0.29, 0.717) is 0 Å². The Hall–Kier alpha value is -0.160. The fourth-order valence-corrected chi connectivity index (χ4v) is 3.27. The zero-order valence-corrected chi connectivity index (χ0v) is 18.0. The van der Waals surface area contributed by atoms with E-state index in [4.69, 9.17) is 9.47 Å². The van der Waals surface area contributed by atoms with Crippen LogP contribution in [0.1, 0.15) is 64.2 Å². The second-order valence-corrected chi connectivity index (χ2v) is 8.21. The third kappa shape index (κ3) is 18.4. The molecule has 0 unspecified atom stereocenters. The number of nitrogens with zero attached hydrogens (tertiary/aromatic N) is 2. The standard InChI is InChI=1S/C21H47N2O2/c1-22(17-11-8-14-20-24-4)16-10-6-7-12-18-23(2,3)19-13-9-15-21-25-5/h6-21H2,1-5H3/q+1. The lowest BCUT2D eigenvalue weighted by atomic mass is 10.1. The Labute approximate surface area is 158 Å². The molecule has 0 aliphatic carbocycles. The maximum Gasteiger partial charge on any atom is 0.0782 e. The highest BCUT2D eigenvalue weighted by Gasteiger charge is 2.13. The largest absolute Gasteiger partial charge is 0.385 e. The van der Waals surface area contributed by atoms with E-state index in [1.165, 1.54) is 94.9 Å². The molecule has 0 fully saturated rings. The van der Waals surface area contributed by atoms with E-state index in [9.17, 15) is 0 Å². The summed E-state index contributed by atoms with van der Waals surface area (Å²) in [5.41, 5.74) is 0. The molecule has 152 valence electrons. The molecule has 4 nitrogen and oxygen atoms in total. The topological polar surface area (TPSA) is 21.7 Å². The van der Waals surface area contributed by atoms with Gasteiger partial charge in [0.25, 0.3) is 0 Å². The first-order valence-corrected chi connectivity index (χ1v) is 10.5. The van der Waals surface area contributed by atoms with Crippen molar-refractivity contribution in [3.63, 3.8) is 0 Å². The van der Waals surface area contributed by atoms with Crippen molar-refractivity contribution in [1.82, 2.24) is 4.90 Å². The predicted octanol–water partition coefficient (Wildman–Crippen LogP) is 4.19. The van der Waals surface area contributed by atoms with E-state index in [0.717, 1.165) is 13.2 Å². The van der Waals surface area contributed by atoms with Crippen LogP contribution in [0.3, 0.4) is 0 Å². The van der Waals surface area contributed by atoms with Gasteiger partial charge in [-0.25, -0.2) is 0 Å². The zero-order chi connectivity index (χ0) is 18.8. The highest BCUT2D eigenvalue weighted by Crippen LogP contribution is 2.09. The minimum absolute atomic E-state index is 0.908. The van der Waals surface area contributed by atoms with Crippen LogP contribution < -0.4 is 0 Å². The quantitative estimate of drug-likeness (QED) is 0.255. The zero-order valence-electron chi connectivity index (χ0n) is 18.0. The van der Waals surface area contributed by atoms with Crippen molar-refractivity contribution in [1.29, 1.82) is 0 Å². The van der Waals surface area contributed by atoms with E-state index >= 15 is 0 Å². The normalized spacial score (nSPS) is 12.2. The summed E-state index contributed by atoms with van der Waals surface area (Å²) in [7, 11) is 10.6. The number of hydrogen-bond donors (Lipinski definition) is 0. The fraction of sp³-hybridized carbons (Fsp3) is 1.00. The Balaban J connectivity index is 3.42. The summed E-state index contributed by atoms with van der Waals surface area (Å²) >= 11 is 0. The van der Waals surface area contributed by atoms with Crippen molar-refractivity contribution in [2.24, 2.45) is 0 Å². The number of unbranched alkanes of at least 4 members (excludes halogenated alkanes) is 7. The lowest BCUT2D eigenvalue weighted by Gasteiger charge is -2.30. The Bertz CT molecular complexity index is 273. The van der Waals surface area contributed by atoms with Gasteiger partial charge in [-0.05, 0) is 77.9 Å². The van der Waals surface area contributed by atoms with Gasteiger partial charge in [0.2, 0.25) is 0 Å². The van der Waals surface area contributed by atoms with Gasteiger partial charge in [-0.3, -0.25) is 0 Å². The van der Waals surface area contributed by atoms with Crippen LogP contribution in [0.15, 0.2) is 0 Å². The molecule has 0 radical (unpaired) electrons. The van der Waals surface area contributed by atoms with Crippen LogP contribution in [0.25, 0.3) is 0 Å². The highest BCUT2D eigenvalue weighted by molar-refractivity contribution is 4.54. The minimum Gasteiger partial charge on any atom is -0.385 e. The van der Waals surface area contributed by atoms with Crippen molar-refractivity contribution in [3.8, 4) is 0 Å². The Morgan fingerprint density at radius 2 is 1.00 bits per heavy atom. The van der Waals surface area contributed by atoms with Gasteiger partial charge in [0.1, 0.15) is 0 Å². The monoisotopic (exact) mass is 359 g/mol. The highest BCUT2D eigenvalue weighted by atomic mass is 16.5. The van der Waals surface area contributed by atoms with Gasteiger partial charge >= 0.3 is 0 Å². The van der Waals surface area contributed by atoms with Crippen LogP contribution in [-0.4, -0.2) is 84.1 Å². The SMILES string of the molecule is COCCCCCN(C)CCCCCC[N+](C)(C)CCCCCOC. The first-order chi connectivity index (χ1) is 12.0. The number of methoxy groups -OCH3 is 2. The lowest BCUT2D eigenvalue weighted by Crippen LogP contribution is -2.41. The molecule has 0 atom stereocenters. The van der Waals surface area contributed by atoms with Crippen LogP contribution >= 0.6 is 0 Å². The average Bonchev–Trinajstić information content (AvgIpc) is 2.57. The van der Waals surface area contributed by atoms with Gasteiger partial charge < -0.3 is 18.9 Å². The fourth-order valence-electron chi connectivity index (χ4n) is 3.27. The van der Waals surface area contributed by atoms with Crippen molar-refractivity contribution in [2.45, 2.75) is 64.2 Å². The summed E-state index contributed by atoms with van der Waals surface area (Å²) < 4.78 is 11.4. The van der Waals surface area contributed by atoms with Gasteiger partial charge in [0, 0.05) is 27.4 Å². The van der Waals surface area contributed by atoms with Crippen LogP contribution in [0, 0.1) is 0 Å². The second kappa shape index (κ2) is 17.3. The van der Waals surface area contributed by atoms with Crippen LogP contribution in [-0.2, 0) is 9.47 Å². The second-order valence-electron chi connectivity index (χ2n) is 8.21. The molecule has 0 N–H and O–H groups in total. The number of hydrogen-bond acceptors (Lipinski definition) is 3. The van der Waals surface area contributed by atoms with Gasteiger partial charge in [-0.1, -0.05) is 6.42 Å². The van der Waals surface area contributed by atoms with Gasteiger partial charge in [-0.2, -0.15) is 0 Å². The summed E-state index contributed by atoms with van der Waals surface area (Å²) in [4.78, 5) is 2.49. The molecule has 0 spiro atoms. The molecule has 0 rings (SSSR count). The molecule has 0 aromatic rings. The predicted molar refractivity (Wildman–Crippen MR) is 109 cm³/mol. The molecule has 0 bridgehead atoms. The molecule has 0 amide bonds. The first kappa shape index (κ1) is 24.8. The summed E-state index contributed by atoms with van der Waals surface area (Å²) in [6, 6.07) is 0. The lowest BCUT2D eigenvalue weighted by molar-refractivity contribution is -0.890. The number of rotatable bonds is 19. The van der Waals surface area contributed by atoms with E-state index in [-0.39, 0.29) is 0 Å². The van der Waals surface area contributed by atoms with E-state index < -0.39 is 0 Å². The third-order valence-corrected chi connectivity index (χ3v) is 5.05. The molecule has 25 heavy (non-hydrogen) atoms. The van der Waals surface area contributed by atoms with Gasteiger partial charge in [0.05, 0.1) is 27.2 Å². The van der Waals surface area contributed by atoms with Crippen molar-refractivity contribution in [3.05, 3.63) is 0 Å². The molecule has 0 aliphatic rings. The molecule has 0 saturated heterocycles. The van der Waals surface area contributed by atoms with Crippen molar-refractivity contribution in [2.75, 3.05) is 74.8 Å². The summed E-state index contributed by atoms with van der Waals surface area (Å²) in [6.07, 6.45) is 13.1. The third-order valence-electron chi connectivity index (χ3n) is 5.05. The Kier molecular flexibility index (Phi) is 17.2. The van der Waals surface area contributed by atoms with Crippen molar-refractivity contribution < 1.29 is 14.0 Å². The Morgan fingerprint density at radius 1 is 0.600 bits per heavy atom. The molecule has 0 aromatic heterocycles. The molecular formula is C21H47N2O2+. The average molecular weight is 360 g/mol. The molecular weight excluding hydrogens is 312 g/mol. The van der Waals surface area contributed by atoms with Crippen LogP contribution in [0.4, 0.5) is 0 Å². The van der Waals surface area contributed by atoms with Crippen LogP contribution in [0.2, 0.25) is 0 Å². The maximum atomic E-state index is 5.12.